The molecule has 1 unspecified atom stereocenters. The van der Waals surface area contributed by atoms with Gasteiger partial charge in [-0.05, 0) is 12.8 Å². The summed E-state index contributed by atoms with van der Waals surface area (Å²) in [5, 5.41) is 0. The van der Waals surface area contributed by atoms with Gasteiger partial charge in [0.15, 0.2) is 5.78 Å². The highest BCUT2D eigenvalue weighted by molar-refractivity contribution is 5.85. The van der Waals surface area contributed by atoms with E-state index in [1.807, 2.05) is 34.6 Å². The molecule has 12 heavy (non-hydrogen) atoms. The zero-order chi connectivity index (χ0) is 9.72. The molecule has 0 aromatic carbocycles. The molecule has 0 saturated carbocycles. The standard InChI is InChI=1S/C10H20O2/c1-6-12-10(8(4)5)9(11)7(2)3/h7-8,10H,6H2,1-5H3. The van der Waals surface area contributed by atoms with E-state index in [0.29, 0.717) is 6.61 Å². The first-order valence-electron chi connectivity index (χ1n) is 4.66. The molecule has 0 saturated heterocycles. The molecule has 0 heterocycles. The molecule has 72 valence electrons. The van der Waals surface area contributed by atoms with Gasteiger partial charge in [-0.2, -0.15) is 0 Å². The van der Waals surface area contributed by atoms with Crippen molar-refractivity contribution < 1.29 is 9.53 Å². The first kappa shape index (κ1) is 11.6. The van der Waals surface area contributed by atoms with Crippen LogP contribution in [0.3, 0.4) is 0 Å². The maximum absolute atomic E-state index is 11.5. The summed E-state index contributed by atoms with van der Waals surface area (Å²) >= 11 is 0. The van der Waals surface area contributed by atoms with Gasteiger partial charge in [0.2, 0.25) is 0 Å². The van der Waals surface area contributed by atoms with Crippen molar-refractivity contribution in [1.29, 1.82) is 0 Å². The maximum atomic E-state index is 11.5. The van der Waals surface area contributed by atoms with Crippen LogP contribution in [0.4, 0.5) is 0 Å². The third-order valence-electron chi connectivity index (χ3n) is 1.80. The molecular formula is C10H20O2. The Morgan fingerprint density at radius 3 is 2.00 bits per heavy atom. The number of carbonyl (C=O) groups is 1. The number of carbonyl (C=O) groups excluding carboxylic acids is 1. The fraction of sp³-hybridized carbons (Fsp3) is 0.900. The molecule has 2 nitrogen and oxygen atoms in total. The van der Waals surface area contributed by atoms with Gasteiger partial charge in [0.05, 0.1) is 0 Å². The summed E-state index contributed by atoms with van der Waals surface area (Å²) in [6.45, 7) is 10.4. The Kier molecular flexibility index (Phi) is 5.14. The molecule has 0 radical (unpaired) electrons. The zero-order valence-electron chi connectivity index (χ0n) is 8.76. The van der Waals surface area contributed by atoms with Crippen LogP contribution in [0.1, 0.15) is 34.6 Å². The van der Waals surface area contributed by atoms with Gasteiger partial charge >= 0.3 is 0 Å². The molecule has 0 fully saturated rings. The Bertz CT molecular complexity index is 139. The van der Waals surface area contributed by atoms with E-state index in [1.165, 1.54) is 0 Å². The van der Waals surface area contributed by atoms with Gasteiger partial charge in [-0.1, -0.05) is 27.7 Å². The van der Waals surface area contributed by atoms with Crippen LogP contribution in [0.2, 0.25) is 0 Å². The zero-order valence-corrected chi connectivity index (χ0v) is 8.76. The molecule has 0 aliphatic carbocycles. The van der Waals surface area contributed by atoms with Crippen LogP contribution in [0, 0.1) is 11.8 Å². The lowest BCUT2D eigenvalue weighted by molar-refractivity contribution is -0.136. The quantitative estimate of drug-likeness (QED) is 0.636. The lowest BCUT2D eigenvalue weighted by Crippen LogP contribution is -2.32. The van der Waals surface area contributed by atoms with E-state index in [1.54, 1.807) is 0 Å². The van der Waals surface area contributed by atoms with E-state index in [4.69, 9.17) is 4.74 Å². The topological polar surface area (TPSA) is 26.3 Å². The van der Waals surface area contributed by atoms with Crippen molar-refractivity contribution in [2.24, 2.45) is 11.8 Å². The maximum Gasteiger partial charge on any atom is 0.164 e. The van der Waals surface area contributed by atoms with Crippen LogP contribution < -0.4 is 0 Å². The molecule has 0 amide bonds. The van der Waals surface area contributed by atoms with E-state index in [9.17, 15) is 4.79 Å². The Hall–Kier alpha value is -0.370. The van der Waals surface area contributed by atoms with Crippen LogP contribution in [-0.4, -0.2) is 18.5 Å². The van der Waals surface area contributed by atoms with E-state index in [-0.39, 0.29) is 23.7 Å². The van der Waals surface area contributed by atoms with Crippen LogP contribution >= 0.6 is 0 Å². The van der Waals surface area contributed by atoms with Gasteiger partial charge in [-0.3, -0.25) is 4.79 Å². The second-order valence-corrected chi connectivity index (χ2v) is 3.68. The molecular weight excluding hydrogens is 152 g/mol. The summed E-state index contributed by atoms with van der Waals surface area (Å²) in [6.07, 6.45) is -0.213. The van der Waals surface area contributed by atoms with Gasteiger partial charge < -0.3 is 4.74 Å². The predicted octanol–water partition coefficient (Wildman–Crippen LogP) is 2.27. The van der Waals surface area contributed by atoms with Crippen LogP contribution in [0.15, 0.2) is 0 Å². The van der Waals surface area contributed by atoms with Crippen molar-refractivity contribution >= 4 is 5.78 Å². The highest BCUT2D eigenvalue weighted by Crippen LogP contribution is 2.12. The van der Waals surface area contributed by atoms with E-state index in [0.717, 1.165) is 0 Å². The molecule has 1 atom stereocenters. The highest BCUT2D eigenvalue weighted by atomic mass is 16.5. The smallest absolute Gasteiger partial charge is 0.164 e. The number of rotatable bonds is 5. The lowest BCUT2D eigenvalue weighted by atomic mass is 9.96. The van der Waals surface area contributed by atoms with E-state index in [2.05, 4.69) is 0 Å². The van der Waals surface area contributed by atoms with Gasteiger partial charge in [-0.25, -0.2) is 0 Å². The van der Waals surface area contributed by atoms with Crippen molar-refractivity contribution in [2.75, 3.05) is 6.61 Å². The Balaban J connectivity index is 4.19. The number of hydrogen-bond donors (Lipinski definition) is 0. The summed E-state index contributed by atoms with van der Waals surface area (Å²) in [5.41, 5.74) is 0. The highest BCUT2D eigenvalue weighted by Gasteiger charge is 2.24. The molecule has 0 spiro atoms. The van der Waals surface area contributed by atoms with Crippen LogP contribution in [-0.2, 0) is 9.53 Å². The second-order valence-electron chi connectivity index (χ2n) is 3.68. The summed E-state index contributed by atoms with van der Waals surface area (Å²) in [6, 6.07) is 0. The molecule has 0 aromatic heterocycles. The van der Waals surface area contributed by atoms with Crippen LogP contribution in [0.5, 0.6) is 0 Å². The third-order valence-corrected chi connectivity index (χ3v) is 1.80. The SMILES string of the molecule is CCOC(C(=O)C(C)C)C(C)C. The second kappa shape index (κ2) is 5.31. The van der Waals surface area contributed by atoms with E-state index >= 15 is 0 Å². The summed E-state index contributed by atoms with van der Waals surface area (Å²) in [7, 11) is 0. The predicted molar refractivity (Wildman–Crippen MR) is 50.1 cm³/mol. The minimum Gasteiger partial charge on any atom is -0.370 e. The number of Topliss-reactive ketones (excluding diaryl/α,β-unsaturated/α-hetero) is 1. The average molecular weight is 172 g/mol. The van der Waals surface area contributed by atoms with Crippen molar-refractivity contribution in [3.63, 3.8) is 0 Å². The first-order chi connectivity index (χ1) is 5.50. The minimum atomic E-state index is -0.213. The Morgan fingerprint density at radius 2 is 1.75 bits per heavy atom. The van der Waals surface area contributed by atoms with Crippen molar-refractivity contribution in [2.45, 2.75) is 40.7 Å². The van der Waals surface area contributed by atoms with Gasteiger partial charge in [-0.15, -0.1) is 0 Å². The third kappa shape index (κ3) is 3.35. The molecule has 0 aromatic rings. The Labute approximate surface area is 75.3 Å². The largest absolute Gasteiger partial charge is 0.370 e. The molecule has 0 aliphatic heterocycles. The normalized spacial score (nSPS) is 13.9. The summed E-state index contributed by atoms with van der Waals surface area (Å²) in [4.78, 5) is 11.5. The van der Waals surface area contributed by atoms with Gasteiger partial charge in [0, 0.05) is 12.5 Å². The minimum absolute atomic E-state index is 0.0731. The molecule has 0 aliphatic rings. The molecule has 0 rings (SSSR count). The van der Waals surface area contributed by atoms with Crippen molar-refractivity contribution in [1.82, 2.24) is 0 Å². The fourth-order valence-electron chi connectivity index (χ4n) is 1.11. The number of ketones is 1. The van der Waals surface area contributed by atoms with Crippen LogP contribution in [0.25, 0.3) is 0 Å². The van der Waals surface area contributed by atoms with E-state index < -0.39 is 0 Å². The molecule has 0 N–H and O–H groups in total. The number of hydrogen-bond acceptors (Lipinski definition) is 2. The first-order valence-corrected chi connectivity index (χ1v) is 4.66. The van der Waals surface area contributed by atoms with Crippen molar-refractivity contribution in [3.8, 4) is 0 Å². The monoisotopic (exact) mass is 172 g/mol. The average Bonchev–Trinajstić information content (AvgIpc) is 1.98. The Morgan fingerprint density at radius 1 is 1.25 bits per heavy atom. The van der Waals surface area contributed by atoms with Crippen molar-refractivity contribution in [3.05, 3.63) is 0 Å². The molecule has 2 heteroatoms. The van der Waals surface area contributed by atoms with Gasteiger partial charge in [0.1, 0.15) is 6.10 Å². The molecule has 0 bridgehead atoms. The fourth-order valence-corrected chi connectivity index (χ4v) is 1.11. The number of ether oxygens (including phenoxy) is 1. The summed E-state index contributed by atoms with van der Waals surface area (Å²) < 4.78 is 5.38. The summed E-state index contributed by atoms with van der Waals surface area (Å²) in [5.74, 6) is 0.565. The van der Waals surface area contributed by atoms with Gasteiger partial charge in [0.25, 0.3) is 0 Å². The lowest BCUT2D eigenvalue weighted by Gasteiger charge is -2.21.